The standard InChI is InChI=1S/C5H14N2OS/c1-3-9(4-2)7-5(6)8/h9H,3-4H2,1-2H3,(H3,6,7,8). The second kappa shape index (κ2) is 4.49. The number of urea groups is 1. The fourth-order valence-corrected chi connectivity index (χ4v) is 1.61. The molecule has 0 aliphatic rings. The minimum Gasteiger partial charge on any atom is -0.351 e. The molecule has 3 N–H and O–H groups in total. The third-order valence-electron chi connectivity index (χ3n) is 1.03. The number of nitrogens with one attached hydrogen (secondary N) is 1. The van der Waals surface area contributed by atoms with Gasteiger partial charge in [-0.05, 0) is 11.5 Å². The normalized spacial score (nSPS) is 10.7. The number of amides is 2. The monoisotopic (exact) mass is 150 g/mol. The highest BCUT2D eigenvalue weighted by atomic mass is 32.2. The lowest BCUT2D eigenvalue weighted by Crippen LogP contribution is -2.27. The van der Waals surface area contributed by atoms with Crippen molar-refractivity contribution in [2.75, 3.05) is 11.5 Å². The molecular weight excluding hydrogens is 136 g/mol. The molecule has 0 unspecified atom stereocenters. The number of carbonyl (C=O) groups excluding carboxylic acids is 1. The average molecular weight is 150 g/mol. The molecule has 0 aromatic heterocycles. The lowest BCUT2D eigenvalue weighted by Gasteiger charge is -2.16. The van der Waals surface area contributed by atoms with Crippen LogP contribution in [0.4, 0.5) is 4.79 Å². The van der Waals surface area contributed by atoms with Gasteiger partial charge in [-0.15, -0.1) is 0 Å². The number of rotatable bonds is 3. The minimum absolute atomic E-state index is 0.320. The molecule has 0 fully saturated rings. The van der Waals surface area contributed by atoms with E-state index < -0.39 is 6.03 Å². The first kappa shape index (κ1) is 8.62. The van der Waals surface area contributed by atoms with Crippen molar-refractivity contribution in [1.82, 2.24) is 4.72 Å². The van der Waals surface area contributed by atoms with Gasteiger partial charge in [0.25, 0.3) is 0 Å². The summed E-state index contributed by atoms with van der Waals surface area (Å²) < 4.78 is 2.68. The molecule has 0 saturated carbocycles. The third kappa shape index (κ3) is 4.14. The van der Waals surface area contributed by atoms with Crippen LogP contribution in [0, 0.1) is 0 Å². The van der Waals surface area contributed by atoms with Crippen molar-refractivity contribution in [3.8, 4) is 0 Å². The van der Waals surface area contributed by atoms with Crippen molar-refractivity contribution in [3.05, 3.63) is 0 Å². The zero-order valence-corrected chi connectivity index (χ0v) is 6.74. The van der Waals surface area contributed by atoms with Gasteiger partial charge in [0.15, 0.2) is 0 Å². The van der Waals surface area contributed by atoms with E-state index in [1.807, 2.05) is 13.8 Å². The molecule has 0 spiro atoms. The van der Waals surface area contributed by atoms with Gasteiger partial charge >= 0.3 is 6.03 Å². The van der Waals surface area contributed by atoms with Gasteiger partial charge in [0.05, 0.1) is 0 Å². The number of nitrogens with two attached hydrogens (primary N) is 1. The predicted molar refractivity (Wildman–Crippen MR) is 42.8 cm³/mol. The number of carbonyl (C=O) groups is 1. The number of hydrogen-bond acceptors (Lipinski definition) is 1. The first-order valence-corrected chi connectivity index (χ1v) is 4.73. The second-order valence-corrected chi connectivity index (χ2v) is 4.22. The van der Waals surface area contributed by atoms with E-state index in [0.29, 0.717) is 0 Å². The second-order valence-electron chi connectivity index (χ2n) is 1.65. The van der Waals surface area contributed by atoms with E-state index in [1.54, 1.807) is 0 Å². The average Bonchev–Trinajstić information content (AvgIpc) is 1.82. The molecule has 0 radical (unpaired) electrons. The maximum Gasteiger partial charge on any atom is 0.320 e. The Morgan fingerprint density at radius 1 is 1.56 bits per heavy atom. The zero-order chi connectivity index (χ0) is 7.28. The number of hydrogen-bond donors (Lipinski definition) is 3. The third-order valence-corrected chi connectivity index (χ3v) is 3.10. The molecule has 4 heteroatoms. The largest absolute Gasteiger partial charge is 0.351 e. The van der Waals surface area contributed by atoms with Gasteiger partial charge in [-0.2, -0.15) is 11.1 Å². The van der Waals surface area contributed by atoms with Gasteiger partial charge in [0.1, 0.15) is 0 Å². The summed E-state index contributed by atoms with van der Waals surface area (Å²) in [5.74, 6) is 2.02. The fourth-order valence-electron chi connectivity index (χ4n) is 0.538. The molecule has 9 heavy (non-hydrogen) atoms. The van der Waals surface area contributed by atoms with Crippen LogP contribution in [-0.4, -0.2) is 17.5 Å². The van der Waals surface area contributed by atoms with Gasteiger partial charge < -0.3 is 10.5 Å². The van der Waals surface area contributed by atoms with Gasteiger partial charge in [-0.25, -0.2) is 4.79 Å². The maximum absolute atomic E-state index is 10.3. The van der Waals surface area contributed by atoms with E-state index >= 15 is 0 Å². The smallest absolute Gasteiger partial charge is 0.320 e. The van der Waals surface area contributed by atoms with E-state index in [2.05, 4.69) is 4.72 Å². The summed E-state index contributed by atoms with van der Waals surface area (Å²) >= 11 is -0.320. The minimum atomic E-state index is -0.398. The van der Waals surface area contributed by atoms with Crippen LogP contribution in [0.1, 0.15) is 13.8 Å². The Labute approximate surface area is 58.5 Å². The van der Waals surface area contributed by atoms with Gasteiger partial charge in [-0.3, -0.25) is 0 Å². The van der Waals surface area contributed by atoms with Gasteiger partial charge in [-0.1, -0.05) is 13.8 Å². The number of primary amides is 1. The molecule has 0 aromatic carbocycles. The Hall–Kier alpha value is -0.380. The highest BCUT2D eigenvalue weighted by Gasteiger charge is 1.97. The van der Waals surface area contributed by atoms with E-state index in [0.717, 1.165) is 11.5 Å². The first-order valence-electron chi connectivity index (χ1n) is 3.01. The number of thiol groups is 1. The van der Waals surface area contributed by atoms with Crippen molar-refractivity contribution in [1.29, 1.82) is 0 Å². The van der Waals surface area contributed by atoms with Crippen LogP contribution < -0.4 is 10.5 Å². The Bertz CT molecular complexity index is 93.0. The van der Waals surface area contributed by atoms with Crippen molar-refractivity contribution >= 4 is 17.1 Å². The molecule has 0 aliphatic carbocycles. The molecule has 0 heterocycles. The summed E-state index contributed by atoms with van der Waals surface area (Å²) in [5, 5.41) is 0. The van der Waals surface area contributed by atoms with Crippen LogP contribution in [0.2, 0.25) is 0 Å². The topological polar surface area (TPSA) is 55.1 Å². The highest BCUT2D eigenvalue weighted by molar-refractivity contribution is 8.15. The summed E-state index contributed by atoms with van der Waals surface area (Å²) in [6, 6.07) is -0.398. The molecule has 0 bridgehead atoms. The summed E-state index contributed by atoms with van der Waals surface area (Å²) in [7, 11) is 0. The lowest BCUT2D eigenvalue weighted by molar-refractivity contribution is 0.254. The Balaban J connectivity index is 3.43. The van der Waals surface area contributed by atoms with Crippen LogP contribution in [0.15, 0.2) is 0 Å². The van der Waals surface area contributed by atoms with Crippen molar-refractivity contribution in [3.63, 3.8) is 0 Å². The van der Waals surface area contributed by atoms with E-state index in [9.17, 15) is 4.79 Å². The maximum atomic E-state index is 10.3. The molecule has 0 aromatic rings. The molecule has 3 nitrogen and oxygen atoms in total. The fraction of sp³-hybridized carbons (Fsp3) is 0.800. The summed E-state index contributed by atoms with van der Waals surface area (Å²) in [4.78, 5) is 10.3. The SMILES string of the molecule is CC[SH](CC)NC(N)=O. The van der Waals surface area contributed by atoms with Crippen LogP contribution in [-0.2, 0) is 0 Å². The zero-order valence-electron chi connectivity index (χ0n) is 5.85. The lowest BCUT2D eigenvalue weighted by atomic mass is 11.0. The van der Waals surface area contributed by atoms with Crippen LogP contribution in [0.3, 0.4) is 0 Å². The van der Waals surface area contributed by atoms with Crippen molar-refractivity contribution in [2.45, 2.75) is 13.8 Å². The van der Waals surface area contributed by atoms with E-state index in [-0.39, 0.29) is 11.1 Å². The molecule has 0 aliphatic heterocycles. The first-order chi connectivity index (χ1) is 4.20. The molecule has 0 saturated heterocycles. The molecular formula is C5H14N2OS. The Kier molecular flexibility index (Phi) is 4.30. The van der Waals surface area contributed by atoms with Gasteiger partial charge in [0.2, 0.25) is 0 Å². The molecule has 0 atom stereocenters. The van der Waals surface area contributed by atoms with Crippen LogP contribution >= 0.6 is 11.1 Å². The predicted octanol–water partition coefficient (Wildman–Crippen LogP) is 0.611. The van der Waals surface area contributed by atoms with Gasteiger partial charge in [0, 0.05) is 0 Å². The van der Waals surface area contributed by atoms with Crippen molar-refractivity contribution < 1.29 is 4.79 Å². The summed E-state index contributed by atoms with van der Waals surface area (Å²) in [6.45, 7) is 4.09. The van der Waals surface area contributed by atoms with E-state index in [1.165, 1.54) is 0 Å². The van der Waals surface area contributed by atoms with Crippen LogP contribution in [0.5, 0.6) is 0 Å². The molecule has 2 amide bonds. The quantitative estimate of drug-likeness (QED) is 0.507. The van der Waals surface area contributed by atoms with Crippen LogP contribution in [0.25, 0.3) is 0 Å². The summed E-state index contributed by atoms with van der Waals surface area (Å²) in [6.07, 6.45) is 0. The summed E-state index contributed by atoms with van der Waals surface area (Å²) in [5.41, 5.74) is 4.91. The Morgan fingerprint density at radius 3 is 2.11 bits per heavy atom. The molecule has 0 rings (SSSR count). The highest BCUT2D eigenvalue weighted by Crippen LogP contribution is 2.16. The van der Waals surface area contributed by atoms with Crippen molar-refractivity contribution in [2.24, 2.45) is 5.73 Å². The Morgan fingerprint density at radius 2 is 2.00 bits per heavy atom. The van der Waals surface area contributed by atoms with E-state index in [4.69, 9.17) is 5.73 Å². The molecule has 56 valence electrons.